The fourth-order valence-corrected chi connectivity index (χ4v) is 16.1. The molecule has 0 radical (unpaired) electrons. The first-order valence-corrected chi connectivity index (χ1v) is 30.3. The summed E-state index contributed by atoms with van der Waals surface area (Å²) >= 11 is -2.90. The van der Waals surface area contributed by atoms with Crippen molar-refractivity contribution in [3.8, 4) is 22.3 Å². The fourth-order valence-electron chi connectivity index (χ4n) is 7.39. The van der Waals surface area contributed by atoms with Gasteiger partial charge < -0.3 is 0 Å². The molecule has 1 unspecified atom stereocenters. The van der Waals surface area contributed by atoms with Crippen molar-refractivity contribution >= 4 is 33.7 Å². The van der Waals surface area contributed by atoms with Crippen LogP contribution in [-0.2, 0) is 46.5 Å². The second kappa shape index (κ2) is 12.7. The molecule has 0 aliphatic heterocycles. The second-order valence-electron chi connectivity index (χ2n) is 14.3. The zero-order valence-electron chi connectivity index (χ0n) is 26.8. The minimum absolute atomic E-state index is 0.126. The van der Waals surface area contributed by atoms with Crippen molar-refractivity contribution in [2.24, 2.45) is 0 Å². The zero-order chi connectivity index (χ0) is 31.3. The van der Waals surface area contributed by atoms with Crippen LogP contribution < -0.4 is 0 Å². The molecule has 44 heavy (non-hydrogen) atoms. The van der Waals surface area contributed by atoms with Crippen molar-refractivity contribution in [3.05, 3.63) is 118 Å². The second-order valence-corrected chi connectivity index (χ2v) is 32.3. The summed E-state index contributed by atoms with van der Waals surface area (Å²) in [6.45, 7) is 14.3. The zero-order valence-corrected chi connectivity index (χ0v) is 32.7. The number of benzene rings is 4. The predicted molar refractivity (Wildman–Crippen MR) is 189 cm³/mol. The van der Waals surface area contributed by atoms with Gasteiger partial charge in [0.25, 0.3) is 0 Å². The number of fused-ring (bicyclic) bond motifs is 6. The monoisotopic (exact) mass is 735 g/mol. The fraction of sp³-hybridized carbons (Fsp3) is 0.351. The molecule has 0 aromatic heterocycles. The van der Waals surface area contributed by atoms with E-state index in [9.17, 15) is 0 Å². The Bertz CT molecular complexity index is 1580. The van der Waals surface area contributed by atoms with E-state index in [1.54, 1.807) is 0 Å². The quantitative estimate of drug-likeness (QED) is 0.123. The van der Waals surface area contributed by atoms with Crippen molar-refractivity contribution in [2.45, 2.75) is 74.2 Å². The van der Waals surface area contributed by atoms with Crippen LogP contribution in [0.3, 0.4) is 0 Å². The van der Waals surface area contributed by atoms with Gasteiger partial charge in [0.2, 0.25) is 0 Å². The van der Waals surface area contributed by atoms with Crippen LogP contribution in [0, 0.1) is 0 Å². The van der Waals surface area contributed by atoms with E-state index in [0.717, 1.165) is 25.7 Å². The molecular weight excluding hydrogens is 695 g/mol. The molecule has 4 aromatic rings. The average molecular weight is 738 g/mol. The number of halogens is 2. The Labute approximate surface area is 281 Å². The molecule has 0 spiro atoms. The SMILES string of the molecule is C[Si](C)(C)OCCC(C[CH](O[Si](C)(C)C)[Zr]([Cl])[Cl])(c1cccc2c1Cc1ccccc1-2)c1cccc2c1Cc1ccccc1-2. The molecule has 7 heteroatoms. The van der Waals surface area contributed by atoms with E-state index in [4.69, 9.17) is 25.9 Å². The van der Waals surface area contributed by atoms with E-state index in [2.05, 4.69) is 124 Å². The Balaban J connectivity index is 1.61. The molecule has 1 atom stereocenters. The normalized spacial score (nSPS) is 14.5. The molecule has 0 saturated carbocycles. The van der Waals surface area contributed by atoms with Gasteiger partial charge in [0.1, 0.15) is 0 Å². The van der Waals surface area contributed by atoms with Crippen LogP contribution in [0.5, 0.6) is 0 Å². The van der Waals surface area contributed by atoms with Gasteiger partial charge in [-0.2, -0.15) is 0 Å². The molecule has 0 amide bonds. The molecule has 0 saturated heterocycles. The Hall–Kier alpha value is -1.30. The summed E-state index contributed by atoms with van der Waals surface area (Å²) in [6.07, 6.45) is 3.49. The summed E-state index contributed by atoms with van der Waals surface area (Å²) in [5, 5.41) is 0. The van der Waals surface area contributed by atoms with E-state index in [0.29, 0.717) is 6.61 Å². The van der Waals surface area contributed by atoms with Crippen LogP contribution in [0.2, 0.25) is 39.3 Å². The third-order valence-corrected chi connectivity index (χ3v) is 16.6. The molecule has 2 nitrogen and oxygen atoms in total. The first kappa shape index (κ1) is 32.6. The van der Waals surface area contributed by atoms with Gasteiger partial charge in [-0.05, 0) is 0 Å². The third-order valence-electron chi connectivity index (χ3n) is 9.07. The molecular formula is C37H43Cl2O2Si2Zr. The van der Waals surface area contributed by atoms with Crippen LogP contribution in [0.4, 0.5) is 0 Å². The van der Waals surface area contributed by atoms with Crippen molar-refractivity contribution < 1.29 is 28.2 Å². The van der Waals surface area contributed by atoms with Crippen molar-refractivity contribution in [2.75, 3.05) is 6.61 Å². The van der Waals surface area contributed by atoms with Crippen LogP contribution in [-0.4, -0.2) is 27.1 Å². The van der Waals surface area contributed by atoms with Gasteiger partial charge in [-0.1, -0.05) is 0 Å². The van der Waals surface area contributed by atoms with Gasteiger partial charge in [-0.3, -0.25) is 0 Å². The van der Waals surface area contributed by atoms with Gasteiger partial charge in [-0.25, -0.2) is 0 Å². The van der Waals surface area contributed by atoms with Crippen LogP contribution in [0.15, 0.2) is 84.9 Å². The molecule has 6 rings (SSSR count). The van der Waals surface area contributed by atoms with E-state index in [-0.39, 0.29) is 9.23 Å². The summed E-state index contributed by atoms with van der Waals surface area (Å²) in [4.78, 5) is 0. The van der Waals surface area contributed by atoms with E-state index in [1.807, 2.05) is 0 Å². The van der Waals surface area contributed by atoms with Crippen molar-refractivity contribution in [3.63, 3.8) is 0 Å². The summed E-state index contributed by atoms with van der Waals surface area (Å²) < 4.78 is 13.5. The first-order valence-electron chi connectivity index (χ1n) is 15.8. The summed E-state index contributed by atoms with van der Waals surface area (Å²) in [5.41, 5.74) is 13.4. The maximum absolute atomic E-state index is 7.05. The average Bonchev–Trinajstić information content (AvgIpc) is 3.53. The number of hydrogen-bond donors (Lipinski definition) is 0. The Morgan fingerprint density at radius 3 is 1.59 bits per heavy atom. The van der Waals surface area contributed by atoms with Gasteiger partial charge in [0.05, 0.1) is 0 Å². The molecule has 0 N–H and O–H groups in total. The van der Waals surface area contributed by atoms with E-state index >= 15 is 0 Å². The van der Waals surface area contributed by atoms with E-state index < -0.39 is 36.0 Å². The van der Waals surface area contributed by atoms with Gasteiger partial charge in [0.15, 0.2) is 0 Å². The van der Waals surface area contributed by atoms with Gasteiger partial charge >= 0.3 is 283 Å². The summed E-state index contributed by atoms with van der Waals surface area (Å²) in [5.74, 6) is 0. The Morgan fingerprint density at radius 2 is 1.14 bits per heavy atom. The summed E-state index contributed by atoms with van der Waals surface area (Å²) in [6, 6.07) is 31.7. The number of hydrogen-bond acceptors (Lipinski definition) is 2. The Morgan fingerprint density at radius 1 is 0.659 bits per heavy atom. The molecule has 2 aliphatic carbocycles. The predicted octanol–water partition coefficient (Wildman–Crippen LogP) is 10.9. The number of rotatable bonds is 11. The standard InChI is InChI=1S/C37H43O2Si2.2ClH.Zr/c1-40(2,3)38-23-21-37(22-24-39-41(4,5)6,35-19-11-17-31-29-15-9-7-13-27(29)25-33(31)35)36-20-12-18-32-30-16-10-8-14-28(30)26-34(32)36;;;/h7-20,23H,21-22,24-26H2,1-6H3;2*1H;/q;;;+2/p-2. The van der Waals surface area contributed by atoms with E-state index in [1.165, 1.54) is 55.6 Å². The molecule has 0 fully saturated rings. The topological polar surface area (TPSA) is 18.5 Å². The van der Waals surface area contributed by atoms with Gasteiger partial charge in [-0.15, -0.1) is 0 Å². The molecule has 229 valence electrons. The van der Waals surface area contributed by atoms with Crippen LogP contribution >= 0.6 is 17.0 Å². The van der Waals surface area contributed by atoms with Crippen LogP contribution in [0.25, 0.3) is 22.3 Å². The van der Waals surface area contributed by atoms with Crippen molar-refractivity contribution in [1.29, 1.82) is 0 Å². The summed E-state index contributed by atoms with van der Waals surface area (Å²) in [7, 11) is 10.4. The first-order chi connectivity index (χ1) is 20.9. The van der Waals surface area contributed by atoms with Gasteiger partial charge in [0, 0.05) is 0 Å². The third kappa shape index (κ3) is 6.58. The molecule has 0 bridgehead atoms. The molecule has 2 aliphatic rings. The molecule has 4 aromatic carbocycles. The molecule has 0 heterocycles. The minimum atomic E-state index is -2.90. The Kier molecular flexibility index (Phi) is 9.43. The van der Waals surface area contributed by atoms with Crippen LogP contribution in [0.1, 0.15) is 46.2 Å². The maximum atomic E-state index is 7.05. The van der Waals surface area contributed by atoms with Crippen molar-refractivity contribution in [1.82, 2.24) is 0 Å².